The Kier molecular flexibility index (Phi) is 6.34. The van der Waals surface area contributed by atoms with E-state index in [1.165, 1.54) is 6.42 Å². The normalized spacial score (nSPS) is 30.6. The Balaban J connectivity index is 2.13. The Hall–Kier alpha value is -1.31. The Labute approximate surface area is 154 Å². The van der Waals surface area contributed by atoms with Crippen molar-refractivity contribution in [3.8, 4) is 11.8 Å². The predicted molar refractivity (Wildman–Crippen MR) is 105 cm³/mol. The van der Waals surface area contributed by atoms with Crippen LogP contribution in [0.2, 0.25) is 18.1 Å². The zero-order valence-electron chi connectivity index (χ0n) is 16.5. The Morgan fingerprint density at radius 1 is 1.20 bits per heavy atom. The maximum atomic E-state index is 11.9. The van der Waals surface area contributed by atoms with E-state index in [1.54, 1.807) is 0 Å². The summed E-state index contributed by atoms with van der Waals surface area (Å²) >= 11 is 0. The smallest absolute Gasteiger partial charge is 0.384 e. The quantitative estimate of drug-likeness (QED) is 0.305. The van der Waals surface area contributed by atoms with E-state index in [4.69, 9.17) is 9.16 Å². The van der Waals surface area contributed by atoms with Crippen LogP contribution in [0, 0.1) is 23.7 Å². The zero-order valence-corrected chi connectivity index (χ0v) is 17.5. The van der Waals surface area contributed by atoms with Crippen LogP contribution in [-0.4, -0.2) is 26.5 Å². The average Bonchev–Trinajstić information content (AvgIpc) is 3.18. The molecule has 4 atom stereocenters. The van der Waals surface area contributed by atoms with E-state index in [-0.39, 0.29) is 17.2 Å². The molecule has 1 unspecified atom stereocenters. The van der Waals surface area contributed by atoms with Gasteiger partial charge >= 0.3 is 5.97 Å². The highest BCUT2D eigenvalue weighted by Crippen LogP contribution is 2.43. The van der Waals surface area contributed by atoms with Gasteiger partial charge in [-0.25, -0.2) is 4.79 Å². The maximum Gasteiger partial charge on any atom is 0.384 e. The number of rotatable bonds is 2. The maximum absolute atomic E-state index is 11.9. The summed E-state index contributed by atoms with van der Waals surface area (Å²) in [4.78, 5) is 11.9. The number of fused-ring (bicyclic) bond motifs is 1. The zero-order chi connectivity index (χ0) is 18.7. The first-order chi connectivity index (χ1) is 11.6. The third-order valence-corrected chi connectivity index (χ3v) is 9.97. The Morgan fingerprint density at radius 3 is 2.56 bits per heavy atom. The molecule has 3 nitrogen and oxygen atoms in total. The summed E-state index contributed by atoms with van der Waals surface area (Å²) in [5.41, 5.74) is 0. The van der Waals surface area contributed by atoms with Crippen LogP contribution in [0.1, 0.15) is 47.0 Å². The number of ether oxygens (including phenoxy) is 1. The SMILES string of the molecule is C[C@@H]1C[C@H]2C[C@@H]2C=CC=CC(O[Si](C)(C)C(C)(C)C)CC#CC(=O)O1. The van der Waals surface area contributed by atoms with Gasteiger partial charge in [0.05, 0.1) is 6.10 Å². The van der Waals surface area contributed by atoms with Gasteiger partial charge in [0.1, 0.15) is 6.10 Å². The first-order valence-electron chi connectivity index (χ1n) is 9.31. The highest BCUT2D eigenvalue weighted by atomic mass is 28.4. The standard InChI is InChI=1S/C21H32O3Si/c1-16-14-18-15-17(18)10-7-8-11-19(12-9-13-20(22)23-16)24-25(5,6)21(2,3)4/h7-8,10-11,16-19H,12,14-15H2,1-6H3/t16-,17+,18+,19?/m1/s1. The van der Waals surface area contributed by atoms with Crippen molar-refractivity contribution in [1.29, 1.82) is 0 Å². The van der Waals surface area contributed by atoms with Gasteiger partial charge in [-0.2, -0.15) is 0 Å². The molecule has 1 heterocycles. The lowest BCUT2D eigenvalue weighted by Crippen LogP contribution is -2.43. The first-order valence-corrected chi connectivity index (χ1v) is 12.2. The molecule has 1 fully saturated rings. The monoisotopic (exact) mass is 360 g/mol. The third kappa shape index (κ3) is 6.16. The Morgan fingerprint density at radius 2 is 1.88 bits per heavy atom. The number of hydrogen-bond donors (Lipinski definition) is 0. The second kappa shape index (κ2) is 7.93. The summed E-state index contributed by atoms with van der Waals surface area (Å²) in [6.45, 7) is 13.1. The summed E-state index contributed by atoms with van der Waals surface area (Å²) < 4.78 is 11.9. The topological polar surface area (TPSA) is 35.5 Å². The van der Waals surface area contributed by atoms with Gasteiger partial charge in [0.25, 0.3) is 0 Å². The van der Waals surface area contributed by atoms with Crippen molar-refractivity contribution in [3.63, 3.8) is 0 Å². The predicted octanol–water partition coefficient (Wildman–Crippen LogP) is 4.85. The second-order valence-electron chi connectivity index (χ2n) is 8.80. The van der Waals surface area contributed by atoms with E-state index in [0.717, 1.165) is 6.42 Å². The summed E-state index contributed by atoms with van der Waals surface area (Å²) in [6, 6.07) is 0. The fourth-order valence-electron chi connectivity index (χ4n) is 2.79. The number of allylic oxidation sites excluding steroid dienone is 3. The molecule has 0 aromatic rings. The number of carbonyl (C=O) groups excluding carboxylic acids is 1. The molecule has 0 saturated heterocycles. The van der Waals surface area contributed by atoms with E-state index >= 15 is 0 Å². The van der Waals surface area contributed by atoms with Crippen molar-refractivity contribution >= 4 is 14.3 Å². The van der Waals surface area contributed by atoms with Crippen LogP contribution in [0.25, 0.3) is 0 Å². The number of carbonyl (C=O) groups is 1. The van der Waals surface area contributed by atoms with Crippen molar-refractivity contribution in [2.45, 2.75) is 77.3 Å². The van der Waals surface area contributed by atoms with Crippen molar-refractivity contribution in [3.05, 3.63) is 24.3 Å². The number of hydrogen-bond acceptors (Lipinski definition) is 3. The van der Waals surface area contributed by atoms with Crippen molar-refractivity contribution in [2.75, 3.05) is 0 Å². The molecule has 0 radical (unpaired) electrons. The van der Waals surface area contributed by atoms with E-state index in [0.29, 0.717) is 18.3 Å². The van der Waals surface area contributed by atoms with E-state index in [1.807, 2.05) is 6.92 Å². The fourth-order valence-corrected chi connectivity index (χ4v) is 4.06. The van der Waals surface area contributed by atoms with Gasteiger partial charge in [0.15, 0.2) is 8.32 Å². The summed E-state index contributed by atoms with van der Waals surface area (Å²) in [7, 11) is -1.89. The average molecular weight is 361 g/mol. The van der Waals surface area contributed by atoms with Crippen LogP contribution in [0.3, 0.4) is 0 Å². The molecule has 1 saturated carbocycles. The van der Waals surface area contributed by atoms with Crippen molar-refractivity contribution < 1.29 is 14.0 Å². The number of cyclic esters (lactones) is 1. The molecule has 2 rings (SSSR count). The summed E-state index contributed by atoms with van der Waals surface area (Å²) in [5.74, 6) is 6.39. The lowest BCUT2D eigenvalue weighted by atomic mass is 10.1. The summed E-state index contributed by atoms with van der Waals surface area (Å²) in [5, 5.41) is 0.138. The molecule has 2 aliphatic rings. The molecule has 0 N–H and O–H groups in total. The van der Waals surface area contributed by atoms with Crippen molar-refractivity contribution in [1.82, 2.24) is 0 Å². The lowest BCUT2D eigenvalue weighted by molar-refractivity contribution is -0.141. The van der Waals surface area contributed by atoms with Gasteiger partial charge in [-0.3, -0.25) is 0 Å². The van der Waals surface area contributed by atoms with Crippen LogP contribution >= 0.6 is 0 Å². The first kappa shape index (κ1) is 20.0. The van der Waals surface area contributed by atoms with Crippen LogP contribution < -0.4 is 0 Å². The van der Waals surface area contributed by atoms with Gasteiger partial charge < -0.3 is 9.16 Å². The fraction of sp³-hybridized carbons (Fsp3) is 0.667. The molecule has 0 aromatic carbocycles. The minimum absolute atomic E-state index is 0.0667. The van der Waals surface area contributed by atoms with Gasteiger partial charge in [-0.15, -0.1) is 0 Å². The molecular weight excluding hydrogens is 328 g/mol. The van der Waals surface area contributed by atoms with Crippen LogP contribution in [0.5, 0.6) is 0 Å². The summed E-state index contributed by atoms with van der Waals surface area (Å²) in [6.07, 6.45) is 11.0. The van der Waals surface area contributed by atoms with Crippen molar-refractivity contribution in [2.24, 2.45) is 11.8 Å². The van der Waals surface area contributed by atoms with E-state index < -0.39 is 14.3 Å². The van der Waals surface area contributed by atoms with Crippen LogP contribution in [-0.2, 0) is 14.0 Å². The highest BCUT2D eigenvalue weighted by molar-refractivity contribution is 6.74. The molecule has 0 aromatic heterocycles. The lowest BCUT2D eigenvalue weighted by Gasteiger charge is -2.38. The second-order valence-corrected chi connectivity index (χ2v) is 13.6. The molecule has 0 bridgehead atoms. The van der Waals surface area contributed by atoms with Gasteiger partial charge in [-0.05, 0) is 49.7 Å². The van der Waals surface area contributed by atoms with Gasteiger partial charge in [-0.1, -0.05) is 51.0 Å². The largest absolute Gasteiger partial charge is 0.453 e. The third-order valence-electron chi connectivity index (χ3n) is 5.46. The van der Waals surface area contributed by atoms with E-state index in [9.17, 15) is 4.79 Å². The highest BCUT2D eigenvalue weighted by Gasteiger charge is 2.39. The van der Waals surface area contributed by atoms with E-state index in [2.05, 4.69) is 70.0 Å². The Bertz CT molecular complexity index is 601. The molecule has 138 valence electrons. The van der Waals surface area contributed by atoms with Crippen LogP contribution in [0.4, 0.5) is 0 Å². The van der Waals surface area contributed by atoms with Gasteiger partial charge in [0, 0.05) is 12.3 Å². The molecule has 25 heavy (non-hydrogen) atoms. The molecule has 0 spiro atoms. The number of esters is 1. The molecule has 1 aliphatic heterocycles. The van der Waals surface area contributed by atoms with Crippen LogP contribution in [0.15, 0.2) is 24.3 Å². The molecule has 4 heteroatoms. The molecular formula is C21H32O3Si. The molecule has 0 amide bonds. The minimum Gasteiger partial charge on any atom is -0.453 e. The van der Waals surface area contributed by atoms with Gasteiger partial charge in [0.2, 0.25) is 0 Å². The minimum atomic E-state index is -1.89. The molecule has 1 aliphatic carbocycles.